The molecule has 3 rings (SSSR count). The van der Waals surface area contributed by atoms with Gasteiger partial charge in [0, 0.05) is 16.1 Å². The van der Waals surface area contributed by atoms with Crippen molar-refractivity contribution in [2.24, 2.45) is 0 Å². The number of halogens is 1. The second-order valence-corrected chi connectivity index (χ2v) is 6.35. The summed E-state index contributed by atoms with van der Waals surface area (Å²) in [7, 11) is 0. The second kappa shape index (κ2) is 6.95. The molecule has 2 aromatic carbocycles. The molecule has 0 spiro atoms. The molecule has 25 heavy (non-hydrogen) atoms. The van der Waals surface area contributed by atoms with Crippen LogP contribution in [0.2, 0.25) is 5.02 Å². The standard InChI is InChI=1S/C20H18ClN3O/c1-12-3-4-13(2)17(11-12)16-9-10-18(23-19(16)22)24-20(25)14-5-7-15(21)8-6-14/h3-11H,1-2H3,(H3,22,23,24,25). The molecule has 0 aliphatic rings. The molecule has 0 fully saturated rings. The van der Waals surface area contributed by atoms with Crippen LogP contribution in [0.25, 0.3) is 11.1 Å². The van der Waals surface area contributed by atoms with Crippen molar-refractivity contribution in [2.45, 2.75) is 13.8 Å². The van der Waals surface area contributed by atoms with Gasteiger partial charge in [-0.05, 0) is 61.4 Å². The monoisotopic (exact) mass is 351 g/mol. The van der Waals surface area contributed by atoms with Crippen LogP contribution < -0.4 is 11.1 Å². The second-order valence-electron chi connectivity index (χ2n) is 5.91. The summed E-state index contributed by atoms with van der Waals surface area (Å²) < 4.78 is 0. The van der Waals surface area contributed by atoms with E-state index in [2.05, 4.69) is 28.5 Å². The van der Waals surface area contributed by atoms with Gasteiger partial charge in [-0.25, -0.2) is 4.98 Å². The van der Waals surface area contributed by atoms with Crippen LogP contribution >= 0.6 is 11.6 Å². The lowest BCUT2D eigenvalue weighted by Crippen LogP contribution is -2.13. The number of amides is 1. The summed E-state index contributed by atoms with van der Waals surface area (Å²) in [6.07, 6.45) is 0. The average Bonchev–Trinajstić information content (AvgIpc) is 2.58. The van der Waals surface area contributed by atoms with Crippen molar-refractivity contribution in [2.75, 3.05) is 11.1 Å². The molecular weight excluding hydrogens is 334 g/mol. The first-order valence-corrected chi connectivity index (χ1v) is 8.23. The fourth-order valence-corrected chi connectivity index (χ4v) is 2.71. The normalized spacial score (nSPS) is 10.5. The highest BCUT2D eigenvalue weighted by Crippen LogP contribution is 2.29. The van der Waals surface area contributed by atoms with Crippen LogP contribution in [-0.4, -0.2) is 10.9 Å². The van der Waals surface area contributed by atoms with E-state index in [1.54, 1.807) is 30.3 Å². The number of nitrogens with two attached hydrogens (primary N) is 1. The zero-order valence-corrected chi connectivity index (χ0v) is 14.8. The quantitative estimate of drug-likeness (QED) is 0.708. The van der Waals surface area contributed by atoms with Crippen molar-refractivity contribution < 1.29 is 4.79 Å². The van der Waals surface area contributed by atoms with Crippen molar-refractivity contribution >= 4 is 29.1 Å². The lowest BCUT2D eigenvalue weighted by atomic mass is 9.99. The van der Waals surface area contributed by atoms with Gasteiger partial charge in [0.1, 0.15) is 11.6 Å². The van der Waals surface area contributed by atoms with Gasteiger partial charge >= 0.3 is 0 Å². The Labute approximate surface area is 151 Å². The van der Waals surface area contributed by atoms with Gasteiger partial charge in [-0.15, -0.1) is 0 Å². The number of carbonyl (C=O) groups is 1. The number of carbonyl (C=O) groups excluding carboxylic acids is 1. The maximum Gasteiger partial charge on any atom is 0.256 e. The Kier molecular flexibility index (Phi) is 4.72. The van der Waals surface area contributed by atoms with Crippen LogP contribution in [-0.2, 0) is 0 Å². The van der Waals surface area contributed by atoms with Crippen LogP contribution in [0.4, 0.5) is 11.6 Å². The SMILES string of the molecule is Cc1ccc(C)c(-c2ccc(NC(=O)c3ccc(Cl)cc3)nc2N)c1. The number of nitrogen functional groups attached to an aromatic ring is 1. The van der Waals surface area contributed by atoms with Gasteiger partial charge in [0.2, 0.25) is 0 Å². The summed E-state index contributed by atoms with van der Waals surface area (Å²) in [5, 5.41) is 3.33. The number of rotatable bonds is 3. The maximum atomic E-state index is 12.3. The molecule has 0 saturated heterocycles. The largest absolute Gasteiger partial charge is 0.383 e. The lowest BCUT2D eigenvalue weighted by molar-refractivity contribution is 0.102. The summed E-state index contributed by atoms with van der Waals surface area (Å²) in [5.74, 6) is 0.525. The summed E-state index contributed by atoms with van der Waals surface area (Å²) >= 11 is 5.84. The van der Waals surface area contributed by atoms with Gasteiger partial charge in [0.25, 0.3) is 5.91 Å². The Morgan fingerprint density at radius 3 is 2.40 bits per heavy atom. The zero-order valence-electron chi connectivity index (χ0n) is 14.0. The molecule has 1 amide bonds. The van der Waals surface area contributed by atoms with E-state index in [0.29, 0.717) is 22.2 Å². The number of aromatic nitrogens is 1. The number of nitrogens with one attached hydrogen (secondary N) is 1. The Balaban J connectivity index is 1.86. The molecule has 1 heterocycles. The van der Waals surface area contributed by atoms with E-state index in [0.717, 1.165) is 22.3 Å². The third-order valence-corrected chi connectivity index (χ3v) is 4.21. The van der Waals surface area contributed by atoms with Gasteiger partial charge in [-0.3, -0.25) is 4.79 Å². The first-order chi connectivity index (χ1) is 11.9. The van der Waals surface area contributed by atoms with Crippen LogP contribution in [0.5, 0.6) is 0 Å². The molecule has 0 radical (unpaired) electrons. The predicted octanol–water partition coefficient (Wildman–Crippen LogP) is 4.85. The van der Waals surface area contributed by atoms with E-state index in [4.69, 9.17) is 17.3 Å². The van der Waals surface area contributed by atoms with E-state index in [9.17, 15) is 4.79 Å². The van der Waals surface area contributed by atoms with Gasteiger partial charge in [-0.2, -0.15) is 0 Å². The number of nitrogens with zero attached hydrogens (tertiary/aromatic N) is 1. The van der Waals surface area contributed by atoms with Gasteiger partial charge < -0.3 is 11.1 Å². The minimum atomic E-state index is -0.261. The number of aryl methyl sites for hydroxylation is 2. The predicted molar refractivity (Wildman–Crippen MR) is 103 cm³/mol. The number of hydrogen-bond donors (Lipinski definition) is 2. The summed E-state index contributed by atoms with van der Waals surface area (Å²) in [4.78, 5) is 16.6. The van der Waals surface area contributed by atoms with Gasteiger partial charge in [0.15, 0.2) is 0 Å². The highest BCUT2D eigenvalue weighted by Gasteiger charge is 2.11. The van der Waals surface area contributed by atoms with E-state index >= 15 is 0 Å². The topological polar surface area (TPSA) is 68.0 Å². The Morgan fingerprint density at radius 2 is 1.72 bits per heavy atom. The molecule has 0 atom stereocenters. The Morgan fingerprint density at radius 1 is 1.00 bits per heavy atom. The fourth-order valence-electron chi connectivity index (χ4n) is 2.59. The molecule has 4 nitrogen and oxygen atoms in total. The highest BCUT2D eigenvalue weighted by molar-refractivity contribution is 6.30. The van der Waals surface area contributed by atoms with Crippen LogP contribution in [0, 0.1) is 13.8 Å². The van der Waals surface area contributed by atoms with Crippen LogP contribution in [0.1, 0.15) is 21.5 Å². The number of pyridine rings is 1. The van der Waals surface area contributed by atoms with Gasteiger partial charge in [-0.1, -0.05) is 35.4 Å². The molecule has 0 unspecified atom stereocenters. The first kappa shape index (κ1) is 17.0. The third-order valence-electron chi connectivity index (χ3n) is 3.96. The molecule has 5 heteroatoms. The number of benzene rings is 2. The van der Waals surface area contributed by atoms with Crippen molar-refractivity contribution in [3.63, 3.8) is 0 Å². The van der Waals surface area contributed by atoms with E-state index in [1.165, 1.54) is 0 Å². The molecule has 3 N–H and O–H groups in total. The summed E-state index contributed by atoms with van der Waals surface area (Å²) in [6.45, 7) is 4.07. The van der Waals surface area contributed by atoms with Crippen LogP contribution in [0.15, 0.2) is 54.6 Å². The highest BCUT2D eigenvalue weighted by atomic mass is 35.5. The van der Waals surface area contributed by atoms with E-state index in [-0.39, 0.29) is 5.91 Å². The molecule has 3 aromatic rings. The minimum absolute atomic E-state index is 0.261. The number of anilines is 2. The summed E-state index contributed by atoms with van der Waals surface area (Å²) in [6, 6.07) is 16.5. The average molecular weight is 352 g/mol. The van der Waals surface area contributed by atoms with Crippen molar-refractivity contribution in [3.05, 3.63) is 76.3 Å². The molecule has 126 valence electrons. The Hall–Kier alpha value is -2.85. The zero-order chi connectivity index (χ0) is 18.0. The molecule has 1 aromatic heterocycles. The van der Waals surface area contributed by atoms with Crippen LogP contribution in [0.3, 0.4) is 0 Å². The minimum Gasteiger partial charge on any atom is -0.383 e. The fraction of sp³-hybridized carbons (Fsp3) is 0.100. The van der Waals surface area contributed by atoms with E-state index < -0.39 is 0 Å². The summed E-state index contributed by atoms with van der Waals surface area (Å²) in [5.41, 5.74) is 10.8. The molecular formula is C20H18ClN3O. The smallest absolute Gasteiger partial charge is 0.256 e. The lowest BCUT2D eigenvalue weighted by Gasteiger charge is -2.11. The van der Waals surface area contributed by atoms with Crippen molar-refractivity contribution in [1.29, 1.82) is 0 Å². The maximum absolute atomic E-state index is 12.3. The molecule has 0 bridgehead atoms. The molecule has 0 saturated carbocycles. The van der Waals surface area contributed by atoms with Gasteiger partial charge in [0.05, 0.1) is 0 Å². The first-order valence-electron chi connectivity index (χ1n) is 7.85. The Bertz CT molecular complexity index is 936. The molecule has 0 aliphatic carbocycles. The van der Waals surface area contributed by atoms with Crippen molar-refractivity contribution in [1.82, 2.24) is 4.98 Å². The molecule has 0 aliphatic heterocycles. The number of hydrogen-bond acceptors (Lipinski definition) is 3. The third kappa shape index (κ3) is 3.80. The van der Waals surface area contributed by atoms with Crippen molar-refractivity contribution in [3.8, 4) is 11.1 Å². The van der Waals surface area contributed by atoms with E-state index in [1.807, 2.05) is 19.9 Å².